The molecular formula is C52H37N. The fourth-order valence-corrected chi connectivity index (χ4v) is 8.59. The molecule has 1 aliphatic heterocycles. The van der Waals surface area contributed by atoms with Crippen molar-refractivity contribution in [3.8, 4) is 33.4 Å². The van der Waals surface area contributed by atoms with Crippen LogP contribution in [0.2, 0.25) is 0 Å². The minimum Gasteiger partial charge on any atom is -0.253 e. The predicted octanol–water partition coefficient (Wildman–Crippen LogP) is 14.2. The Morgan fingerprint density at radius 2 is 0.943 bits per heavy atom. The first-order valence-electron chi connectivity index (χ1n) is 18.6. The number of hydrogen-bond acceptors (Lipinski definition) is 1. The Hall–Kier alpha value is -6.57. The van der Waals surface area contributed by atoms with Gasteiger partial charge in [-0.3, -0.25) is 4.99 Å². The lowest BCUT2D eigenvalue weighted by Gasteiger charge is -2.21. The van der Waals surface area contributed by atoms with Crippen molar-refractivity contribution in [2.24, 2.45) is 4.99 Å². The van der Waals surface area contributed by atoms with E-state index in [4.69, 9.17) is 4.99 Å². The molecule has 9 aromatic carbocycles. The summed E-state index contributed by atoms with van der Waals surface area (Å²) in [6, 6.07) is 71.0. The molecule has 1 unspecified atom stereocenters. The molecule has 0 bridgehead atoms. The number of fused-ring (bicyclic) bond motifs is 4. The van der Waals surface area contributed by atoms with Gasteiger partial charge in [0, 0.05) is 11.6 Å². The summed E-state index contributed by atoms with van der Waals surface area (Å²) in [5, 5.41) is 7.62. The Balaban J connectivity index is 1.08. The fraction of sp³-hybridized carbons (Fsp3) is 0.0577. The molecule has 1 atom stereocenters. The molecule has 1 heterocycles. The summed E-state index contributed by atoms with van der Waals surface area (Å²) in [6.07, 6.45) is 1.88. The quantitative estimate of drug-likeness (QED) is 0.161. The monoisotopic (exact) mass is 675 g/mol. The number of rotatable bonds is 5. The molecule has 0 aliphatic carbocycles. The van der Waals surface area contributed by atoms with Crippen molar-refractivity contribution >= 4 is 43.7 Å². The summed E-state index contributed by atoms with van der Waals surface area (Å²) < 4.78 is 0. The molecule has 10 rings (SSSR count). The van der Waals surface area contributed by atoms with Crippen LogP contribution in [-0.4, -0.2) is 5.71 Å². The molecule has 0 spiro atoms. The minimum absolute atomic E-state index is 0.221. The van der Waals surface area contributed by atoms with Crippen LogP contribution in [0.5, 0.6) is 0 Å². The average molecular weight is 676 g/mol. The SMILES string of the molecule is c1ccc(-c2cccc(C3=Nc4ccccc4C(c4cccc(-c5c6ccccc6c(-c6ccc7ccccc7c6)c6ccccc56)c4)CC3)c2)cc1. The molecule has 1 nitrogen and oxygen atoms in total. The van der Waals surface area contributed by atoms with E-state index < -0.39 is 0 Å². The zero-order valence-corrected chi connectivity index (χ0v) is 29.4. The third-order valence-corrected chi connectivity index (χ3v) is 11.1. The second kappa shape index (κ2) is 13.2. The third kappa shape index (κ3) is 5.62. The molecule has 0 radical (unpaired) electrons. The first kappa shape index (κ1) is 31.2. The summed E-state index contributed by atoms with van der Waals surface area (Å²) in [5.41, 5.74) is 13.6. The first-order valence-corrected chi connectivity index (χ1v) is 18.6. The van der Waals surface area contributed by atoms with Crippen molar-refractivity contribution in [3.05, 3.63) is 211 Å². The summed E-state index contributed by atoms with van der Waals surface area (Å²) in [4.78, 5) is 5.36. The summed E-state index contributed by atoms with van der Waals surface area (Å²) in [6.45, 7) is 0. The van der Waals surface area contributed by atoms with E-state index in [9.17, 15) is 0 Å². The van der Waals surface area contributed by atoms with E-state index in [0.29, 0.717) is 0 Å². The second-order valence-electron chi connectivity index (χ2n) is 14.2. The van der Waals surface area contributed by atoms with Gasteiger partial charge in [-0.25, -0.2) is 0 Å². The Labute approximate surface area is 310 Å². The van der Waals surface area contributed by atoms with Crippen LogP contribution < -0.4 is 0 Å². The molecule has 0 aromatic heterocycles. The molecule has 0 saturated carbocycles. The maximum absolute atomic E-state index is 5.36. The van der Waals surface area contributed by atoms with Crippen molar-refractivity contribution in [3.63, 3.8) is 0 Å². The van der Waals surface area contributed by atoms with Gasteiger partial charge in [-0.2, -0.15) is 0 Å². The molecule has 1 aliphatic rings. The molecule has 53 heavy (non-hydrogen) atoms. The highest BCUT2D eigenvalue weighted by atomic mass is 14.8. The topological polar surface area (TPSA) is 12.4 Å². The van der Waals surface area contributed by atoms with Crippen molar-refractivity contribution < 1.29 is 0 Å². The largest absolute Gasteiger partial charge is 0.253 e. The van der Waals surface area contributed by atoms with Crippen LogP contribution in [-0.2, 0) is 0 Å². The van der Waals surface area contributed by atoms with Gasteiger partial charge in [0.1, 0.15) is 0 Å². The molecule has 1 heteroatoms. The van der Waals surface area contributed by atoms with Crippen LogP contribution >= 0.6 is 0 Å². The van der Waals surface area contributed by atoms with Gasteiger partial charge in [0.2, 0.25) is 0 Å². The van der Waals surface area contributed by atoms with E-state index >= 15 is 0 Å². The fourth-order valence-electron chi connectivity index (χ4n) is 8.59. The van der Waals surface area contributed by atoms with Crippen molar-refractivity contribution in [1.29, 1.82) is 0 Å². The maximum atomic E-state index is 5.36. The van der Waals surface area contributed by atoms with Gasteiger partial charge in [0.25, 0.3) is 0 Å². The van der Waals surface area contributed by atoms with Crippen molar-refractivity contribution in [2.45, 2.75) is 18.8 Å². The van der Waals surface area contributed by atoms with Crippen LogP contribution in [0.4, 0.5) is 5.69 Å². The smallest absolute Gasteiger partial charge is 0.0671 e. The number of nitrogens with zero attached hydrogens (tertiary/aromatic N) is 1. The van der Waals surface area contributed by atoms with Crippen molar-refractivity contribution in [1.82, 2.24) is 0 Å². The van der Waals surface area contributed by atoms with Gasteiger partial charge < -0.3 is 0 Å². The average Bonchev–Trinajstić information content (AvgIpc) is 3.43. The highest BCUT2D eigenvalue weighted by Crippen LogP contribution is 2.46. The zero-order chi connectivity index (χ0) is 35.1. The van der Waals surface area contributed by atoms with Gasteiger partial charge in [-0.1, -0.05) is 176 Å². The van der Waals surface area contributed by atoms with Crippen LogP contribution in [0.15, 0.2) is 199 Å². The van der Waals surface area contributed by atoms with Gasteiger partial charge >= 0.3 is 0 Å². The molecular weight excluding hydrogens is 639 g/mol. The molecule has 250 valence electrons. The number of benzene rings is 9. The second-order valence-corrected chi connectivity index (χ2v) is 14.2. The Morgan fingerprint density at radius 3 is 1.70 bits per heavy atom. The maximum Gasteiger partial charge on any atom is 0.0671 e. The van der Waals surface area contributed by atoms with E-state index in [1.54, 1.807) is 0 Å². The van der Waals surface area contributed by atoms with Gasteiger partial charge in [-0.05, 0) is 113 Å². The highest BCUT2D eigenvalue weighted by Gasteiger charge is 2.24. The van der Waals surface area contributed by atoms with E-state index in [0.717, 1.165) is 24.2 Å². The Kier molecular flexibility index (Phi) is 7.77. The summed E-state index contributed by atoms with van der Waals surface area (Å²) >= 11 is 0. The van der Waals surface area contributed by atoms with Gasteiger partial charge in [0.05, 0.1) is 5.69 Å². The van der Waals surface area contributed by atoms with Gasteiger partial charge in [0.15, 0.2) is 0 Å². The van der Waals surface area contributed by atoms with Crippen LogP contribution in [0.3, 0.4) is 0 Å². The van der Waals surface area contributed by atoms with Gasteiger partial charge in [-0.15, -0.1) is 0 Å². The summed E-state index contributed by atoms with van der Waals surface area (Å²) in [7, 11) is 0. The Bertz CT molecular complexity index is 2790. The molecule has 0 fully saturated rings. The molecule has 0 N–H and O–H groups in total. The standard InChI is InChI=1S/C52H37N/c1-2-14-35(15-3-1)38-18-12-20-40(32-38)49-31-30-43(44-22-10-11-27-50(44)53-49)39-19-13-21-41(34-39)51-45-23-6-8-25-47(45)52(48-26-9-7-24-46(48)51)42-29-28-36-16-4-5-17-37(36)33-42/h1-29,32-34,43H,30-31H2. The van der Waals surface area contributed by atoms with Crippen LogP contribution in [0.1, 0.15) is 35.4 Å². The third-order valence-electron chi connectivity index (χ3n) is 11.1. The zero-order valence-electron chi connectivity index (χ0n) is 29.4. The van der Waals surface area contributed by atoms with Crippen LogP contribution in [0, 0.1) is 0 Å². The van der Waals surface area contributed by atoms with E-state index in [1.807, 2.05) is 0 Å². The normalized spacial score (nSPS) is 14.2. The minimum atomic E-state index is 0.221. The predicted molar refractivity (Wildman–Crippen MR) is 225 cm³/mol. The number of hydrogen-bond donors (Lipinski definition) is 0. The lowest BCUT2D eigenvalue weighted by atomic mass is 9.82. The van der Waals surface area contributed by atoms with E-state index in [2.05, 4.69) is 194 Å². The first-order chi connectivity index (χ1) is 26.3. The molecule has 9 aromatic rings. The lowest BCUT2D eigenvalue weighted by Crippen LogP contribution is -2.04. The lowest BCUT2D eigenvalue weighted by molar-refractivity contribution is 0.752. The molecule has 0 saturated heterocycles. The van der Waals surface area contributed by atoms with Crippen molar-refractivity contribution in [2.75, 3.05) is 0 Å². The van der Waals surface area contributed by atoms with E-state index in [-0.39, 0.29) is 5.92 Å². The van der Waals surface area contributed by atoms with Crippen LogP contribution in [0.25, 0.3) is 65.7 Å². The number of para-hydroxylation sites is 1. The highest BCUT2D eigenvalue weighted by molar-refractivity contribution is 6.21. The molecule has 0 amide bonds. The summed E-state index contributed by atoms with van der Waals surface area (Å²) in [5.74, 6) is 0.221. The number of aliphatic imine (C=N–C) groups is 1. The van der Waals surface area contributed by atoms with E-state index in [1.165, 1.54) is 82.4 Å². The Morgan fingerprint density at radius 1 is 0.377 bits per heavy atom.